The van der Waals surface area contributed by atoms with Crippen molar-refractivity contribution in [2.45, 2.75) is 39.5 Å². The third kappa shape index (κ3) is 9.03. The first-order valence-electron chi connectivity index (χ1n) is 5.01. The fourth-order valence-electron chi connectivity index (χ4n) is 1.11. The number of carboxylic acids is 1. The highest BCUT2D eigenvalue weighted by Gasteiger charge is 2.05. The van der Waals surface area contributed by atoms with Crippen LogP contribution in [-0.2, 0) is 9.59 Å². The molecule has 0 saturated carbocycles. The van der Waals surface area contributed by atoms with Crippen molar-refractivity contribution >= 4 is 11.9 Å². The third-order valence-corrected chi connectivity index (χ3v) is 1.84. The lowest BCUT2D eigenvalue weighted by Crippen LogP contribution is -2.26. The Morgan fingerprint density at radius 1 is 1.29 bits per heavy atom. The number of amides is 1. The van der Waals surface area contributed by atoms with Crippen molar-refractivity contribution in [3.63, 3.8) is 0 Å². The van der Waals surface area contributed by atoms with Crippen LogP contribution in [0.2, 0.25) is 0 Å². The predicted octanol–water partition coefficient (Wildman–Crippen LogP) is 1.40. The van der Waals surface area contributed by atoms with E-state index in [0.717, 1.165) is 19.3 Å². The number of hydrogen-bond acceptors (Lipinski definition) is 2. The number of unbranched alkanes of at least 4 members (excludes halogenated alkanes) is 1. The third-order valence-electron chi connectivity index (χ3n) is 1.84. The summed E-state index contributed by atoms with van der Waals surface area (Å²) in [6.45, 7) is 4.89. The van der Waals surface area contributed by atoms with Gasteiger partial charge in [-0.15, -0.1) is 0 Å². The van der Waals surface area contributed by atoms with Crippen LogP contribution in [0.5, 0.6) is 0 Å². The highest BCUT2D eigenvalue weighted by atomic mass is 16.4. The summed E-state index contributed by atoms with van der Waals surface area (Å²) in [5, 5.41) is 10.9. The summed E-state index contributed by atoms with van der Waals surface area (Å²) in [5.41, 5.74) is 0. The minimum Gasteiger partial charge on any atom is -0.481 e. The molecule has 0 unspecified atom stereocenters. The molecule has 1 amide bonds. The number of carbonyl (C=O) groups is 2. The van der Waals surface area contributed by atoms with Crippen molar-refractivity contribution < 1.29 is 14.7 Å². The molecular weight excluding hydrogens is 182 g/mol. The van der Waals surface area contributed by atoms with Gasteiger partial charge in [-0.05, 0) is 12.3 Å². The van der Waals surface area contributed by atoms with E-state index in [0.29, 0.717) is 12.5 Å². The molecule has 0 saturated heterocycles. The first kappa shape index (κ1) is 12.9. The van der Waals surface area contributed by atoms with E-state index in [1.165, 1.54) is 0 Å². The van der Waals surface area contributed by atoms with Gasteiger partial charge in [0.05, 0.1) is 0 Å². The molecule has 0 aromatic carbocycles. The molecule has 14 heavy (non-hydrogen) atoms. The van der Waals surface area contributed by atoms with E-state index < -0.39 is 18.3 Å². The Morgan fingerprint density at radius 3 is 2.43 bits per heavy atom. The molecule has 0 atom stereocenters. The van der Waals surface area contributed by atoms with Crippen molar-refractivity contribution in [1.29, 1.82) is 0 Å². The molecule has 0 bridgehead atoms. The van der Waals surface area contributed by atoms with Crippen LogP contribution in [0.3, 0.4) is 0 Å². The maximum Gasteiger partial charge on any atom is 0.312 e. The van der Waals surface area contributed by atoms with Gasteiger partial charge < -0.3 is 10.4 Å². The molecule has 82 valence electrons. The van der Waals surface area contributed by atoms with Crippen LogP contribution in [0.4, 0.5) is 0 Å². The van der Waals surface area contributed by atoms with E-state index >= 15 is 0 Å². The minimum absolute atomic E-state index is 0.401. The summed E-state index contributed by atoms with van der Waals surface area (Å²) in [4.78, 5) is 21.0. The van der Waals surface area contributed by atoms with Crippen LogP contribution < -0.4 is 5.32 Å². The highest BCUT2D eigenvalue weighted by molar-refractivity contribution is 5.93. The monoisotopic (exact) mass is 201 g/mol. The Morgan fingerprint density at radius 2 is 1.93 bits per heavy atom. The lowest BCUT2D eigenvalue weighted by Gasteiger charge is -2.05. The van der Waals surface area contributed by atoms with Gasteiger partial charge in [-0.25, -0.2) is 0 Å². The number of carboxylic acid groups (broad SMARTS) is 1. The Balaban J connectivity index is 3.27. The molecule has 0 aliphatic carbocycles. The summed E-state index contributed by atoms with van der Waals surface area (Å²) < 4.78 is 0. The highest BCUT2D eigenvalue weighted by Crippen LogP contribution is 2.04. The molecule has 0 rings (SSSR count). The first-order valence-corrected chi connectivity index (χ1v) is 5.01. The molecule has 0 aliphatic rings. The van der Waals surface area contributed by atoms with Gasteiger partial charge in [0, 0.05) is 6.54 Å². The second kappa shape index (κ2) is 7.35. The maximum atomic E-state index is 10.9. The topological polar surface area (TPSA) is 66.4 Å². The van der Waals surface area contributed by atoms with Crippen LogP contribution in [0.15, 0.2) is 0 Å². The van der Waals surface area contributed by atoms with Crippen molar-refractivity contribution in [1.82, 2.24) is 5.32 Å². The summed E-state index contributed by atoms with van der Waals surface area (Å²) in [6.07, 6.45) is 2.72. The van der Waals surface area contributed by atoms with Crippen molar-refractivity contribution in [3.05, 3.63) is 0 Å². The molecular formula is C10H19NO3. The SMILES string of the molecule is CC(C)CCCCNC(=O)CC(=O)O. The summed E-state index contributed by atoms with van der Waals surface area (Å²) >= 11 is 0. The van der Waals surface area contributed by atoms with E-state index in [-0.39, 0.29) is 0 Å². The Kier molecular flexibility index (Phi) is 6.80. The second-order valence-electron chi connectivity index (χ2n) is 3.81. The van der Waals surface area contributed by atoms with E-state index in [4.69, 9.17) is 5.11 Å². The van der Waals surface area contributed by atoms with Crippen molar-refractivity contribution in [3.8, 4) is 0 Å². The van der Waals surface area contributed by atoms with Gasteiger partial charge in [0.2, 0.25) is 5.91 Å². The lowest BCUT2D eigenvalue weighted by molar-refractivity contribution is -0.140. The van der Waals surface area contributed by atoms with Crippen molar-refractivity contribution in [2.75, 3.05) is 6.54 Å². The Hall–Kier alpha value is -1.06. The zero-order valence-electron chi connectivity index (χ0n) is 8.88. The van der Waals surface area contributed by atoms with Gasteiger partial charge in [-0.3, -0.25) is 9.59 Å². The smallest absolute Gasteiger partial charge is 0.312 e. The fourth-order valence-corrected chi connectivity index (χ4v) is 1.11. The van der Waals surface area contributed by atoms with Crippen LogP contribution in [0.1, 0.15) is 39.5 Å². The average molecular weight is 201 g/mol. The molecule has 0 radical (unpaired) electrons. The Bertz CT molecular complexity index is 190. The molecule has 0 heterocycles. The summed E-state index contributed by atoms with van der Waals surface area (Å²) in [5.74, 6) is -0.795. The lowest BCUT2D eigenvalue weighted by atomic mass is 10.1. The van der Waals surface area contributed by atoms with Crippen LogP contribution in [-0.4, -0.2) is 23.5 Å². The van der Waals surface area contributed by atoms with Gasteiger partial charge in [-0.2, -0.15) is 0 Å². The number of carbonyl (C=O) groups excluding carboxylic acids is 1. The van der Waals surface area contributed by atoms with E-state index in [1.54, 1.807) is 0 Å². The average Bonchev–Trinajstić information content (AvgIpc) is 2.01. The summed E-state index contributed by atoms with van der Waals surface area (Å²) in [7, 11) is 0. The maximum absolute atomic E-state index is 10.9. The number of aliphatic carboxylic acids is 1. The number of nitrogens with one attached hydrogen (secondary N) is 1. The van der Waals surface area contributed by atoms with Gasteiger partial charge in [0.1, 0.15) is 6.42 Å². The number of hydrogen-bond donors (Lipinski definition) is 2. The van der Waals surface area contributed by atoms with E-state index in [1.807, 2.05) is 0 Å². The Labute approximate surface area is 84.7 Å². The van der Waals surface area contributed by atoms with Crippen LogP contribution in [0, 0.1) is 5.92 Å². The zero-order chi connectivity index (χ0) is 11.0. The molecule has 0 aromatic heterocycles. The number of rotatable bonds is 7. The minimum atomic E-state index is -1.08. The summed E-state index contributed by atoms with van der Waals surface area (Å²) in [6, 6.07) is 0. The van der Waals surface area contributed by atoms with Crippen LogP contribution >= 0.6 is 0 Å². The second-order valence-corrected chi connectivity index (χ2v) is 3.81. The predicted molar refractivity (Wildman–Crippen MR) is 54.0 cm³/mol. The quantitative estimate of drug-likeness (QED) is 0.483. The molecule has 0 spiro atoms. The molecule has 0 aromatic rings. The zero-order valence-corrected chi connectivity index (χ0v) is 8.88. The molecule has 0 fully saturated rings. The van der Waals surface area contributed by atoms with Crippen LogP contribution in [0.25, 0.3) is 0 Å². The van der Waals surface area contributed by atoms with Crippen molar-refractivity contribution in [2.24, 2.45) is 5.92 Å². The van der Waals surface area contributed by atoms with Gasteiger partial charge in [0.25, 0.3) is 0 Å². The fraction of sp³-hybridized carbons (Fsp3) is 0.800. The van der Waals surface area contributed by atoms with Gasteiger partial charge in [-0.1, -0.05) is 26.7 Å². The van der Waals surface area contributed by atoms with Gasteiger partial charge >= 0.3 is 5.97 Å². The van der Waals surface area contributed by atoms with E-state index in [2.05, 4.69) is 19.2 Å². The first-order chi connectivity index (χ1) is 6.52. The molecule has 0 aliphatic heterocycles. The standard InChI is InChI=1S/C10H19NO3/c1-8(2)5-3-4-6-11-9(12)7-10(13)14/h8H,3-7H2,1-2H3,(H,11,12)(H,13,14). The molecule has 4 nitrogen and oxygen atoms in total. The van der Waals surface area contributed by atoms with E-state index in [9.17, 15) is 9.59 Å². The largest absolute Gasteiger partial charge is 0.481 e. The normalized spacial score (nSPS) is 10.2. The van der Waals surface area contributed by atoms with Gasteiger partial charge in [0.15, 0.2) is 0 Å². The molecule has 4 heteroatoms. The molecule has 2 N–H and O–H groups in total.